The zero-order valence-electron chi connectivity index (χ0n) is 13.3. The van der Waals surface area contributed by atoms with Crippen LogP contribution in [0.2, 0.25) is 0 Å². The molecule has 118 valence electrons. The Balaban J connectivity index is 1.98. The Bertz CT molecular complexity index is 853. The van der Waals surface area contributed by atoms with Crippen LogP contribution in [0.5, 0.6) is 5.75 Å². The second kappa shape index (κ2) is 6.08. The van der Waals surface area contributed by atoms with E-state index in [4.69, 9.17) is 4.74 Å². The zero-order valence-corrected chi connectivity index (χ0v) is 13.3. The topological polar surface area (TPSA) is 68.5 Å². The summed E-state index contributed by atoms with van der Waals surface area (Å²) in [5.74, 6) is 0.918. The molecule has 0 aliphatic rings. The van der Waals surface area contributed by atoms with Crippen LogP contribution in [0.25, 0.3) is 5.65 Å². The lowest BCUT2D eigenvalue weighted by Crippen LogP contribution is -2.16. The van der Waals surface area contributed by atoms with E-state index in [0.29, 0.717) is 35.2 Å². The molecule has 0 fully saturated rings. The number of nitrogens with zero attached hydrogens (tertiary/aromatic N) is 3. The monoisotopic (exact) mass is 310 g/mol. The van der Waals surface area contributed by atoms with E-state index in [0.717, 1.165) is 5.56 Å². The highest BCUT2D eigenvalue weighted by atomic mass is 16.5. The van der Waals surface area contributed by atoms with E-state index in [1.165, 1.54) is 0 Å². The Morgan fingerprint density at radius 2 is 2.13 bits per heavy atom. The van der Waals surface area contributed by atoms with Gasteiger partial charge < -0.3 is 10.1 Å². The van der Waals surface area contributed by atoms with Crippen LogP contribution in [0.3, 0.4) is 0 Å². The molecule has 23 heavy (non-hydrogen) atoms. The summed E-state index contributed by atoms with van der Waals surface area (Å²) in [4.78, 5) is 21.3. The van der Waals surface area contributed by atoms with Crippen molar-refractivity contribution in [1.29, 1.82) is 0 Å². The molecule has 0 saturated carbocycles. The van der Waals surface area contributed by atoms with Crippen molar-refractivity contribution in [3.05, 3.63) is 53.6 Å². The second-order valence-corrected chi connectivity index (χ2v) is 5.22. The zero-order chi connectivity index (χ0) is 16.4. The van der Waals surface area contributed by atoms with Gasteiger partial charge in [0.1, 0.15) is 11.5 Å². The molecule has 0 aliphatic carbocycles. The van der Waals surface area contributed by atoms with Crippen molar-refractivity contribution < 1.29 is 9.53 Å². The number of carbonyl (C=O) groups excluding carboxylic acids is 1. The Morgan fingerprint density at radius 1 is 1.30 bits per heavy atom. The maximum Gasteiger partial charge on any atom is 0.275 e. The van der Waals surface area contributed by atoms with Crippen LogP contribution in [-0.2, 0) is 0 Å². The van der Waals surface area contributed by atoms with Crippen molar-refractivity contribution in [2.75, 3.05) is 11.9 Å². The number of pyridine rings is 2. The van der Waals surface area contributed by atoms with E-state index in [1.54, 1.807) is 29.8 Å². The molecule has 1 N–H and O–H groups in total. The molecule has 0 atom stereocenters. The number of nitrogens with one attached hydrogen (secondary N) is 1. The van der Waals surface area contributed by atoms with Gasteiger partial charge in [0, 0.05) is 12.4 Å². The SMILES string of the molecule is CCOc1cccn2c(C(=O)Nc3ccc(C)cn3)c(C)nc12. The lowest BCUT2D eigenvalue weighted by molar-refractivity contribution is 0.102. The predicted octanol–water partition coefficient (Wildman–Crippen LogP) is 3.00. The van der Waals surface area contributed by atoms with E-state index in [2.05, 4.69) is 15.3 Å². The average Bonchev–Trinajstić information content (AvgIpc) is 2.87. The van der Waals surface area contributed by atoms with Gasteiger partial charge in [0.2, 0.25) is 0 Å². The summed E-state index contributed by atoms with van der Waals surface area (Å²) in [7, 11) is 0. The molecule has 0 aromatic carbocycles. The van der Waals surface area contributed by atoms with Gasteiger partial charge in [-0.15, -0.1) is 0 Å². The largest absolute Gasteiger partial charge is 0.490 e. The molecule has 3 rings (SSSR count). The van der Waals surface area contributed by atoms with E-state index in [-0.39, 0.29) is 5.91 Å². The quantitative estimate of drug-likeness (QED) is 0.804. The lowest BCUT2D eigenvalue weighted by Gasteiger charge is -2.07. The highest BCUT2D eigenvalue weighted by Gasteiger charge is 2.19. The van der Waals surface area contributed by atoms with Crippen LogP contribution in [0.1, 0.15) is 28.7 Å². The van der Waals surface area contributed by atoms with Crippen LogP contribution in [0.15, 0.2) is 36.7 Å². The second-order valence-electron chi connectivity index (χ2n) is 5.22. The van der Waals surface area contributed by atoms with Gasteiger partial charge in [-0.2, -0.15) is 0 Å². The van der Waals surface area contributed by atoms with Gasteiger partial charge in [-0.05, 0) is 44.5 Å². The number of amides is 1. The van der Waals surface area contributed by atoms with Gasteiger partial charge in [0.25, 0.3) is 5.91 Å². The maximum atomic E-state index is 12.6. The molecule has 0 spiro atoms. The predicted molar refractivity (Wildman–Crippen MR) is 88.0 cm³/mol. The number of rotatable bonds is 4. The van der Waals surface area contributed by atoms with Gasteiger partial charge in [-0.25, -0.2) is 9.97 Å². The smallest absolute Gasteiger partial charge is 0.275 e. The summed E-state index contributed by atoms with van der Waals surface area (Å²) >= 11 is 0. The number of ether oxygens (including phenoxy) is 1. The molecule has 1 amide bonds. The molecular formula is C17H18N4O2. The van der Waals surface area contributed by atoms with Crippen LogP contribution < -0.4 is 10.1 Å². The van der Waals surface area contributed by atoms with Crippen molar-refractivity contribution in [2.45, 2.75) is 20.8 Å². The third kappa shape index (κ3) is 2.88. The summed E-state index contributed by atoms with van der Waals surface area (Å²) in [6.07, 6.45) is 3.51. The molecule has 3 aromatic rings. The van der Waals surface area contributed by atoms with Crippen molar-refractivity contribution in [3.8, 4) is 5.75 Å². The Morgan fingerprint density at radius 3 is 2.83 bits per heavy atom. The van der Waals surface area contributed by atoms with Crippen LogP contribution in [-0.4, -0.2) is 26.9 Å². The van der Waals surface area contributed by atoms with Crippen LogP contribution in [0.4, 0.5) is 5.82 Å². The average molecular weight is 310 g/mol. The summed E-state index contributed by atoms with van der Waals surface area (Å²) in [6, 6.07) is 7.35. The molecule has 0 bridgehead atoms. The van der Waals surface area contributed by atoms with Gasteiger partial charge in [-0.1, -0.05) is 6.07 Å². The molecule has 0 radical (unpaired) electrons. The van der Waals surface area contributed by atoms with Crippen molar-refractivity contribution in [3.63, 3.8) is 0 Å². The summed E-state index contributed by atoms with van der Waals surface area (Å²) in [5.41, 5.74) is 2.79. The highest BCUT2D eigenvalue weighted by Crippen LogP contribution is 2.22. The van der Waals surface area contributed by atoms with Crippen LogP contribution in [0, 0.1) is 13.8 Å². The minimum absolute atomic E-state index is 0.250. The first-order chi connectivity index (χ1) is 11.1. The van der Waals surface area contributed by atoms with Gasteiger partial charge in [-0.3, -0.25) is 9.20 Å². The minimum atomic E-state index is -0.250. The summed E-state index contributed by atoms with van der Waals surface area (Å²) in [5, 5.41) is 2.80. The van der Waals surface area contributed by atoms with Crippen molar-refractivity contribution in [2.24, 2.45) is 0 Å². The first-order valence-electron chi connectivity index (χ1n) is 7.44. The fraction of sp³-hybridized carbons (Fsp3) is 0.235. The van der Waals surface area contributed by atoms with Gasteiger partial charge in [0.15, 0.2) is 11.4 Å². The molecule has 3 heterocycles. The number of hydrogen-bond acceptors (Lipinski definition) is 4. The Labute approximate surface area is 134 Å². The number of fused-ring (bicyclic) bond motifs is 1. The summed E-state index contributed by atoms with van der Waals surface area (Å²) < 4.78 is 7.31. The van der Waals surface area contributed by atoms with Crippen molar-refractivity contribution in [1.82, 2.24) is 14.4 Å². The van der Waals surface area contributed by atoms with Gasteiger partial charge in [0.05, 0.1) is 12.3 Å². The van der Waals surface area contributed by atoms with E-state index in [9.17, 15) is 4.79 Å². The first-order valence-corrected chi connectivity index (χ1v) is 7.44. The molecule has 6 heteroatoms. The number of carbonyl (C=O) groups is 1. The number of aryl methyl sites for hydroxylation is 2. The standard InChI is InChI=1S/C17H18N4O2/c1-4-23-13-6-5-9-21-15(12(3)19-16(13)21)17(22)20-14-8-7-11(2)10-18-14/h5-10H,4H2,1-3H3,(H,18,20,22). The van der Waals surface area contributed by atoms with Gasteiger partial charge >= 0.3 is 0 Å². The number of anilines is 1. The Hall–Kier alpha value is -2.89. The third-order valence-electron chi connectivity index (χ3n) is 3.46. The molecule has 6 nitrogen and oxygen atoms in total. The summed E-state index contributed by atoms with van der Waals surface area (Å²) in [6.45, 7) is 6.21. The molecular weight excluding hydrogens is 292 g/mol. The highest BCUT2D eigenvalue weighted by molar-refractivity contribution is 6.04. The van der Waals surface area contributed by atoms with E-state index >= 15 is 0 Å². The normalized spacial score (nSPS) is 10.7. The number of hydrogen-bond donors (Lipinski definition) is 1. The third-order valence-corrected chi connectivity index (χ3v) is 3.46. The molecule has 0 saturated heterocycles. The van der Waals surface area contributed by atoms with Crippen LogP contribution >= 0.6 is 0 Å². The maximum absolute atomic E-state index is 12.6. The fourth-order valence-corrected chi connectivity index (χ4v) is 2.42. The van der Waals surface area contributed by atoms with Crippen molar-refractivity contribution >= 4 is 17.4 Å². The first kappa shape index (κ1) is 15.0. The van der Waals surface area contributed by atoms with E-state index < -0.39 is 0 Å². The fourth-order valence-electron chi connectivity index (χ4n) is 2.42. The lowest BCUT2D eigenvalue weighted by atomic mass is 10.3. The minimum Gasteiger partial charge on any atom is -0.490 e. The number of aromatic nitrogens is 3. The molecule has 3 aromatic heterocycles. The Kier molecular flexibility index (Phi) is 3.97. The molecule has 0 unspecified atom stereocenters. The van der Waals surface area contributed by atoms with E-state index in [1.807, 2.05) is 32.0 Å². The molecule has 0 aliphatic heterocycles. The number of imidazole rings is 1.